The Balaban J connectivity index is 2.37. The van der Waals surface area contributed by atoms with Crippen molar-refractivity contribution < 1.29 is 0 Å². The zero-order valence-electron chi connectivity index (χ0n) is 9.33. The van der Waals surface area contributed by atoms with E-state index in [2.05, 4.69) is 45.1 Å². The van der Waals surface area contributed by atoms with Gasteiger partial charge < -0.3 is 5.32 Å². The largest absolute Gasteiger partial charge is 0.370 e. The summed E-state index contributed by atoms with van der Waals surface area (Å²) in [7, 11) is 0. The molecule has 1 N–H and O–H groups in total. The standard InChI is InChI=1S/C11H18BrN3/c1-3-9(12)5-6-13-11-7-10(4-2)14-8-15-11/h7-9H,3-6H2,1-2H3,(H,13,14,15). The number of halogens is 1. The first-order valence-electron chi connectivity index (χ1n) is 5.45. The first-order valence-corrected chi connectivity index (χ1v) is 6.36. The summed E-state index contributed by atoms with van der Waals surface area (Å²) in [4.78, 5) is 8.92. The Morgan fingerprint density at radius 3 is 2.87 bits per heavy atom. The molecule has 0 aromatic carbocycles. The van der Waals surface area contributed by atoms with Gasteiger partial charge in [-0.15, -0.1) is 0 Å². The number of rotatable bonds is 6. The van der Waals surface area contributed by atoms with E-state index in [0.29, 0.717) is 4.83 Å². The molecule has 3 nitrogen and oxygen atoms in total. The summed E-state index contributed by atoms with van der Waals surface area (Å²) in [6.45, 7) is 5.22. The molecular formula is C11H18BrN3. The minimum Gasteiger partial charge on any atom is -0.370 e. The van der Waals surface area contributed by atoms with Gasteiger partial charge in [0.1, 0.15) is 12.1 Å². The first kappa shape index (κ1) is 12.4. The molecule has 0 amide bonds. The summed E-state index contributed by atoms with van der Waals surface area (Å²) in [5.74, 6) is 0.928. The molecular weight excluding hydrogens is 254 g/mol. The number of aromatic nitrogens is 2. The monoisotopic (exact) mass is 271 g/mol. The Hall–Kier alpha value is -0.640. The fourth-order valence-corrected chi connectivity index (χ4v) is 1.48. The van der Waals surface area contributed by atoms with Crippen LogP contribution in [-0.2, 0) is 6.42 Å². The van der Waals surface area contributed by atoms with Gasteiger partial charge in [0.25, 0.3) is 0 Å². The third-order valence-corrected chi connectivity index (χ3v) is 3.40. The van der Waals surface area contributed by atoms with Crippen molar-refractivity contribution in [3.05, 3.63) is 18.1 Å². The van der Waals surface area contributed by atoms with Crippen molar-refractivity contribution in [1.29, 1.82) is 0 Å². The third-order valence-electron chi connectivity index (χ3n) is 2.29. The van der Waals surface area contributed by atoms with Crippen LogP contribution in [-0.4, -0.2) is 21.3 Å². The molecule has 0 saturated heterocycles. The molecule has 1 aromatic rings. The number of aryl methyl sites for hydroxylation is 1. The van der Waals surface area contributed by atoms with E-state index in [9.17, 15) is 0 Å². The van der Waals surface area contributed by atoms with Gasteiger partial charge in [0, 0.05) is 23.1 Å². The van der Waals surface area contributed by atoms with E-state index in [-0.39, 0.29) is 0 Å². The maximum absolute atomic E-state index is 4.17. The third kappa shape index (κ3) is 4.60. The second-order valence-corrected chi connectivity index (χ2v) is 4.76. The normalized spacial score (nSPS) is 12.5. The highest BCUT2D eigenvalue weighted by atomic mass is 79.9. The van der Waals surface area contributed by atoms with Crippen LogP contribution in [0.2, 0.25) is 0 Å². The summed E-state index contributed by atoms with van der Waals surface area (Å²) in [5, 5.41) is 3.30. The fourth-order valence-electron chi connectivity index (χ4n) is 1.25. The number of anilines is 1. The van der Waals surface area contributed by atoms with Crippen LogP contribution in [0.4, 0.5) is 5.82 Å². The molecule has 0 fully saturated rings. The van der Waals surface area contributed by atoms with Crippen LogP contribution in [0.25, 0.3) is 0 Å². The summed E-state index contributed by atoms with van der Waals surface area (Å²) >= 11 is 3.61. The number of nitrogens with zero attached hydrogens (tertiary/aromatic N) is 2. The van der Waals surface area contributed by atoms with Crippen molar-refractivity contribution in [2.24, 2.45) is 0 Å². The summed E-state index contributed by atoms with van der Waals surface area (Å²) in [6.07, 6.45) is 4.84. The number of alkyl halides is 1. The average molecular weight is 272 g/mol. The molecule has 0 bridgehead atoms. The molecule has 0 aliphatic heterocycles. The maximum Gasteiger partial charge on any atom is 0.129 e. The van der Waals surface area contributed by atoms with Gasteiger partial charge in [-0.25, -0.2) is 9.97 Å². The lowest BCUT2D eigenvalue weighted by atomic mass is 10.2. The topological polar surface area (TPSA) is 37.8 Å². The quantitative estimate of drug-likeness (QED) is 0.809. The van der Waals surface area contributed by atoms with E-state index < -0.39 is 0 Å². The van der Waals surface area contributed by atoms with Crippen molar-refractivity contribution in [3.63, 3.8) is 0 Å². The van der Waals surface area contributed by atoms with Crippen molar-refractivity contribution in [1.82, 2.24) is 9.97 Å². The highest BCUT2D eigenvalue weighted by Gasteiger charge is 2.01. The van der Waals surface area contributed by atoms with Gasteiger partial charge >= 0.3 is 0 Å². The van der Waals surface area contributed by atoms with Crippen LogP contribution in [0.1, 0.15) is 32.4 Å². The van der Waals surface area contributed by atoms with Crippen molar-refractivity contribution in [2.75, 3.05) is 11.9 Å². The number of hydrogen-bond acceptors (Lipinski definition) is 3. The lowest BCUT2D eigenvalue weighted by molar-refractivity contribution is 0.772. The van der Waals surface area contributed by atoms with Crippen LogP contribution >= 0.6 is 15.9 Å². The van der Waals surface area contributed by atoms with Crippen LogP contribution in [0.3, 0.4) is 0 Å². The molecule has 1 unspecified atom stereocenters. The Labute approximate surface area is 99.8 Å². The van der Waals surface area contributed by atoms with Crippen LogP contribution in [0.5, 0.6) is 0 Å². The smallest absolute Gasteiger partial charge is 0.129 e. The zero-order valence-corrected chi connectivity index (χ0v) is 10.9. The van der Waals surface area contributed by atoms with Gasteiger partial charge in [-0.1, -0.05) is 29.8 Å². The van der Waals surface area contributed by atoms with Gasteiger partial charge in [-0.05, 0) is 19.3 Å². The Bertz CT molecular complexity index is 291. The van der Waals surface area contributed by atoms with Crippen LogP contribution < -0.4 is 5.32 Å². The fraction of sp³-hybridized carbons (Fsp3) is 0.636. The van der Waals surface area contributed by atoms with Gasteiger partial charge in [0.2, 0.25) is 0 Å². The maximum atomic E-state index is 4.17. The van der Waals surface area contributed by atoms with Crippen molar-refractivity contribution in [3.8, 4) is 0 Å². The summed E-state index contributed by atoms with van der Waals surface area (Å²) in [6, 6.07) is 2.01. The number of nitrogens with one attached hydrogen (secondary N) is 1. The summed E-state index contributed by atoms with van der Waals surface area (Å²) < 4.78 is 0. The van der Waals surface area contributed by atoms with E-state index in [4.69, 9.17) is 0 Å². The minimum absolute atomic E-state index is 0.595. The predicted octanol–water partition coefficient (Wildman–Crippen LogP) is 3.01. The van der Waals surface area contributed by atoms with Crippen molar-refractivity contribution in [2.45, 2.75) is 37.9 Å². The second kappa shape index (κ2) is 6.77. The lowest BCUT2D eigenvalue weighted by Gasteiger charge is -2.08. The highest BCUT2D eigenvalue weighted by molar-refractivity contribution is 9.09. The molecule has 15 heavy (non-hydrogen) atoms. The Morgan fingerprint density at radius 2 is 2.20 bits per heavy atom. The molecule has 0 aliphatic carbocycles. The van der Waals surface area contributed by atoms with Crippen molar-refractivity contribution >= 4 is 21.7 Å². The highest BCUT2D eigenvalue weighted by Crippen LogP contribution is 2.10. The van der Waals surface area contributed by atoms with Gasteiger partial charge in [-0.2, -0.15) is 0 Å². The molecule has 4 heteroatoms. The molecule has 0 radical (unpaired) electrons. The molecule has 0 spiro atoms. The zero-order chi connectivity index (χ0) is 11.1. The molecule has 1 aromatic heterocycles. The van der Waals surface area contributed by atoms with E-state index in [0.717, 1.165) is 37.3 Å². The molecule has 84 valence electrons. The van der Waals surface area contributed by atoms with Gasteiger partial charge in [-0.3, -0.25) is 0 Å². The van der Waals surface area contributed by atoms with Crippen LogP contribution in [0, 0.1) is 0 Å². The van der Waals surface area contributed by atoms with E-state index in [1.54, 1.807) is 6.33 Å². The lowest BCUT2D eigenvalue weighted by Crippen LogP contribution is -2.09. The molecule has 0 saturated carbocycles. The van der Waals surface area contributed by atoms with E-state index in [1.165, 1.54) is 0 Å². The Kier molecular flexibility index (Phi) is 5.61. The SMILES string of the molecule is CCc1cc(NCCC(Br)CC)ncn1. The predicted molar refractivity (Wildman–Crippen MR) is 67.5 cm³/mol. The molecule has 1 heterocycles. The van der Waals surface area contributed by atoms with E-state index in [1.807, 2.05) is 6.07 Å². The van der Waals surface area contributed by atoms with Gasteiger partial charge in [0.15, 0.2) is 0 Å². The van der Waals surface area contributed by atoms with Crippen LogP contribution in [0.15, 0.2) is 12.4 Å². The minimum atomic E-state index is 0.595. The number of hydrogen-bond donors (Lipinski definition) is 1. The average Bonchev–Trinajstić information content (AvgIpc) is 2.29. The Morgan fingerprint density at radius 1 is 1.40 bits per heavy atom. The molecule has 0 aliphatic rings. The second-order valence-electron chi connectivity index (χ2n) is 3.47. The molecule has 1 rings (SSSR count). The van der Waals surface area contributed by atoms with E-state index >= 15 is 0 Å². The summed E-state index contributed by atoms with van der Waals surface area (Å²) in [5.41, 5.74) is 1.08. The first-order chi connectivity index (χ1) is 7.26. The molecule has 1 atom stereocenters. The van der Waals surface area contributed by atoms with Gasteiger partial charge in [0.05, 0.1) is 0 Å².